The number of benzene rings is 1. The van der Waals surface area contributed by atoms with Gasteiger partial charge in [-0.05, 0) is 58.1 Å². The van der Waals surface area contributed by atoms with Crippen LogP contribution in [-0.4, -0.2) is 53.0 Å². The number of carbonyl (C=O) groups is 1. The summed E-state index contributed by atoms with van der Waals surface area (Å²) in [5.74, 6) is -0.146. The normalized spacial score (nSPS) is 11.7. The first-order valence-electron chi connectivity index (χ1n) is 7.71. The maximum absolute atomic E-state index is 12.3. The van der Waals surface area contributed by atoms with Gasteiger partial charge in [0, 0.05) is 19.5 Å². The Balaban J connectivity index is 2.42. The zero-order chi connectivity index (χ0) is 17.5. The van der Waals surface area contributed by atoms with Crippen LogP contribution in [0.1, 0.15) is 24.0 Å². The molecule has 0 saturated heterocycles. The number of aryl methyl sites for hydroxylation is 2. The summed E-state index contributed by atoms with van der Waals surface area (Å²) >= 11 is 0. The molecule has 0 radical (unpaired) electrons. The van der Waals surface area contributed by atoms with Crippen LogP contribution in [0.4, 0.5) is 0 Å². The predicted octanol–water partition coefficient (Wildman–Crippen LogP) is 1.04. The highest BCUT2D eigenvalue weighted by atomic mass is 32.2. The van der Waals surface area contributed by atoms with Crippen LogP contribution >= 0.6 is 0 Å². The standard InChI is InChI=1S/C16H27N3O3S/c1-13-6-7-14(2)15(12-13)23(21,22)18-10-8-16(20)17-9-5-11-19(3)4/h6-7,12,18H,5,8-11H2,1-4H3,(H,17,20). The lowest BCUT2D eigenvalue weighted by atomic mass is 10.2. The van der Waals surface area contributed by atoms with E-state index in [0.717, 1.165) is 18.5 Å². The van der Waals surface area contributed by atoms with Crippen LogP contribution < -0.4 is 10.0 Å². The number of nitrogens with zero attached hydrogens (tertiary/aromatic N) is 1. The minimum Gasteiger partial charge on any atom is -0.356 e. The molecular weight excluding hydrogens is 314 g/mol. The molecule has 2 N–H and O–H groups in total. The van der Waals surface area contributed by atoms with Gasteiger partial charge in [0.05, 0.1) is 4.90 Å². The third kappa shape index (κ3) is 7.11. The average molecular weight is 341 g/mol. The minimum atomic E-state index is -3.58. The van der Waals surface area contributed by atoms with Crippen molar-refractivity contribution in [3.05, 3.63) is 29.3 Å². The molecular formula is C16H27N3O3S. The van der Waals surface area contributed by atoms with Crippen molar-refractivity contribution in [3.8, 4) is 0 Å². The van der Waals surface area contributed by atoms with Gasteiger partial charge in [-0.2, -0.15) is 0 Å². The fourth-order valence-electron chi connectivity index (χ4n) is 2.08. The SMILES string of the molecule is Cc1ccc(C)c(S(=O)(=O)NCCC(=O)NCCCN(C)C)c1. The monoisotopic (exact) mass is 341 g/mol. The van der Waals surface area contributed by atoms with Crippen molar-refractivity contribution in [2.45, 2.75) is 31.6 Å². The lowest BCUT2D eigenvalue weighted by molar-refractivity contribution is -0.120. The topological polar surface area (TPSA) is 78.5 Å². The molecule has 0 fully saturated rings. The molecule has 0 aliphatic heterocycles. The molecule has 23 heavy (non-hydrogen) atoms. The number of amides is 1. The third-order valence-corrected chi connectivity index (χ3v) is 4.98. The molecule has 0 saturated carbocycles. The average Bonchev–Trinajstić information content (AvgIpc) is 2.45. The Bertz CT molecular complexity index is 627. The molecule has 0 heterocycles. The van der Waals surface area contributed by atoms with Gasteiger partial charge in [0.1, 0.15) is 0 Å². The molecule has 1 aromatic rings. The van der Waals surface area contributed by atoms with E-state index in [1.165, 1.54) is 0 Å². The van der Waals surface area contributed by atoms with Crippen molar-refractivity contribution < 1.29 is 13.2 Å². The summed E-state index contributed by atoms with van der Waals surface area (Å²) in [7, 11) is 0.370. The maximum Gasteiger partial charge on any atom is 0.240 e. The highest BCUT2D eigenvalue weighted by molar-refractivity contribution is 7.89. The molecule has 1 rings (SSSR count). The van der Waals surface area contributed by atoms with Gasteiger partial charge in [0.25, 0.3) is 0 Å². The highest BCUT2D eigenvalue weighted by Crippen LogP contribution is 2.16. The van der Waals surface area contributed by atoms with Crippen LogP contribution in [0, 0.1) is 13.8 Å². The van der Waals surface area contributed by atoms with E-state index in [4.69, 9.17) is 0 Å². The van der Waals surface area contributed by atoms with E-state index in [-0.39, 0.29) is 23.8 Å². The first-order valence-corrected chi connectivity index (χ1v) is 9.19. The first kappa shape index (κ1) is 19.6. The second-order valence-electron chi connectivity index (χ2n) is 5.92. The molecule has 6 nitrogen and oxygen atoms in total. The minimum absolute atomic E-state index is 0.0925. The van der Waals surface area contributed by atoms with Crippen LogP contribution in [0.25, 0.3) is 0 Å². The largest absolute Gasteiger partial charge is 0.356 e. The second-order valence-corrected chi connectivity index (χ2v) is 7.66. The second kappa shape index (κ2) is 9.00. The summed E-state index contributed by atoms with van der Waals surface area (Å²) < 4.78 is 27.0. The Morgan fingerprint density at radius 2 is 1.87 bits per heavy atom. The predicted molar refractivity (Wildman–Crippen MR) is 91.9 cm³/mol. The third-order valence-electron chi connectivity index (χ3n) is 3.38. The summed E-state index contributed by atoms with van der Waals surface area (Å²) in [6.45, 7) is 5.20. The van der Waals surface area contributed by atoms with Crippen molar-refractivity contribution >= 4 is 15.9 Å². The smallest absolute Gasteiger partial charge is 0.240 e. The zero-order valence-corrected chi connectivity index (χ0v) is 15.2. The summed E-state index contributed by atoms with van der Waals surface area (Å²) in [5.41, 5.74) is 1.57. The van der Waals surface area contributed by atoms with Crippen molar-refractivity contribution in [2.75, 3.05) is 33.7 Å². The van der Waals surface area contributed by atoms with E-state index in [1.54, 1.807) is 19.1 Å². The van der Waals surface area contributed by atoms with Crippen LogP contribution in [-0.2, 0) is 14.8 Å². The summed E-state index contributed by atoms with van der Waals surface area (Å²) in [5, 5.41) is 2.78. The van der Waals surface area contributed by atoms with Gasteiger partial charge in [0.15, 0.2) is 0 Å². The molecule has 1 amide bonds. The maximum atomic E-state index is 12.3. The Kier molecular flexibility index (Phi) is 7.67. The summed E-state index contributed by atoms with van der Waals surface area (Å²) in [6, 6.07) is 5.29. The fraction of sp³-hybridized carbons (Fsp3) is 0.562. The molecule has 0 aliphatic carbocycles. The molecule has 0 atom stereocenters. The zero-order valence-electron chi connectivity index (χ0n) is 14.3. The van der Waals surface area contributed by atoms with E-state index < -0.39 is 10.0 Å². The van der Waals surface area contributed by atoms with Gasteiger partial charge in [-0.25, -0.2) is 13.1 Å². The number of hydrogen-bond donors (Lipinski definition) is 2. The first-order chi connectivity index (χ1) is 10.7. The molecule has 1 aromatic carbocycles. The van der Waals surface area contributed by atoms with E-state index >= 15 is 0 Å². The number of sulfonamides is 1. The molecule has 130 valence electrons. The Morgan fingerprint density at radius 3 is 2.52 bits per heavy atom. The van der Waals surface area contributed by atoms with Gasteiger partial charge in [-0.3, -0.25) is 4.79 Å². The Hall–Kier alpha value is -1.44. The molecule has 0 bridgehead atoms. The molecule has 0 spiro atoms. The highest BCUT2D eigenvalue weighted by Gasteiger charge is 2.16. The lowest BCUT2D eigenvalue weighted by Gasteiger charge is -2.11. The number of carbonyl (C=O) groups excluding carboxylic acids is 1. The number of hydrogen-bond acceptors (Lipinski definition) is 4. The van der Waals surface area contributed by atoms with E-state index in [9.17, 15) is 13.2 Å². The molecule has 0 unspecified atom stereocenters. The van der Waals surface area contributed by atoms with Crippen molar-refractivity contribution in [1.82, 2.24) is 14.9 Å². The van der Waals surface area contributed by atoms with E-state index in [1.807, 2.05) is 32.0 Å². The molecule has 7 heteroatoms. The fourth-order valence-corrected chi connectivity index (χ4v) is 3.44. The van der Waals surface area contributed by atoms with Crippen molar-refractivity contribution in [1.29, 1.82) is 0 Å². The van der Waals surface area contributed by atoms with Crippen LogP contribution in [0.2, 0.25) is 0 Å². The van der Waals surface area contributed by atoms with Crippen LogP contribution in [0.15, 0.2) is 23.1 Å². The van der Waals surface area contributed by atoms with Crippen LogP contribution in [0.3, 0.4) is 0 Å². The Labute approximate surface area is 139 Å². The van der Waals surface area contributed by atoms with Gasteiger partial charge < -0.3 is 10.2 Å². The quantitative estimate of drug-likeness (QED) is 0.658. The summed E-state index contributed by atoms with van der Waals surface area (Å²) in [6.07, 6.45) is 0.999. The number of nitrogens with one attached hydrogen (secondary N) is 2. The summed E-state index contributed by atoms with van der Waals surface area (Å²) in [4.78, 5) is 14.0. The van der Waals surface area contributed by atoms with Gasteiger partial charge in [-0.15, -0.1) is 0 Å². The van der Waals surface area contributed by atoms with Gasteiger partial charge in [0.2, 0.25) is 15.9 Å². The molecule has 0 aromatic heterocycles. The Morgan fingerprint density at radius 1 is 1.17 bits per heavy atom. The van der Waals surface area contributed by atoms with Crippen LogP contribution in [0.5, 0.6) is 0 Å². The van der Waals surface area contributed by atoms with Crippen molar-refractivity contribution in [3.63, 3.8) is 0 Å². The number of rotatable bonds is 9. The van der Waals surface area contributed by atoms with E-state index in [2.05, 4.69) is 10.0 Å². The van der Waals surface area contributed by atoms with Crippen molar-refractivity contribution in [2.24, 2.45) is 0 Å². The van der Waals surface area contributed by atoms with E-state index in [0.29, 0.717) is 12.1 Å². The molecule has 0 aliphatic rings. The van der Waals surface area contributed by atoms with Gasteiger partial charge >= 0.3 is 0 Å². The van der Waals surface area contributed by atoms with Gasteiger partial charge in [-0.1, -0.05) is 12.1 Å². The lowest BCUT2D eigenvalue weighted by Crippen LogP contribution is -2.32.